The summed E-state index contributed by atoms with van der Waals surface area (Å²) in [6.07, 6.45) is 16.6. The van der Waals surface area contributed by atoms with Gasteiger partial charge in [-0.3, -0.25) is 9.88 Å². The average Bonchev–Trinajstić information content (AvgIpc) is 3.35. The predicted octanol–water partition coefficient (Wildman–Crippen LogP) is 4.34. The van der Waals surface area contributed by atoms with Crippen molar-refractivity contribution in [3.05, 3.63) is 84.4 Å². The molecule has 3 atom stereocenters. The highest BCUT2D eigenvalue weighted by atomic mass is 16.5. The largest absolute Gasteiger partial charge is 0.494 e. The van der Waals surface area contributed by atoms with Gasteiger partial charge in [-0.15, -0.1) is 0 Å². The minimum atomic E-state index is -0.607. The fraction of sp³-hybridized carbons (Fsp3) is 0.393. The van der Waals surface area contributed by atoms with Crippen molar-refractivity contribution in [2.24, 2.45) is 0 Å². The summed E-state index contributed by atoms with van der Waals surface area (Å²) in [5.41, 5.74) is 3.07. The van der Waals surface area contributed by atoms with E-state index in [1.165, 1.54) is 5.57 Å². The minimum Gasteiger partial charge on any atom is -0.494 e. The smallest absolute Gasteiger partial charge is 0.155 e. The summed E-state index contributed by atoms with van der Waals surface area (Å²) in [6.45, 7) is 2.36. The number of aliphatic hydroxyl groups is 1. The number of nitrogens with zero attached hydrogens (tertiary/aromatic N) is 2. The van der Waals surface area contributed by atoms with Gasteiger partial charge in [-0.1, -0.05) is 35.9 Å². The quantitative estimate of drug-likeness (QED) is 0.559. The standard InChI is InChI=1S/C28H33N3O4/c1-33-26-9-5-8-23-22(10-12-29-28(23)26)25(32)18-31-13-11-21(17-31)30-24(27-19-34-14-15-35-27)16-20-6-3-2-4-7-20/h2-3,5-6,8-10,12,14-15,19,21,24-25,30,32H,4,7,11,13,16-18H2,1H3. The fourth-order valence-corrected chi connectivity index (χ4v) is 5.15. The first kappa shape index (κ1) is 23.6. The summed E-state index contributed by atoms with van der Waals surface area (Å²) in [4.78, 5) is 6.78. The molecule has 184 valence electrons. The lowest BCUT2D eigenvalue weighted by molar-refractivity contribution is 0.125. The van der Waals surface area contributed by atoms with Crippen LogP contribution in [0.2, 0.25) is 0 Å². The van der Waals surface area contributed by atoms with E-state index in [0.717, 1.165) is 66.7 Å². The molecule has 5 rings (SSSR count). The third-order valence-corrected chi connectivity index (χ3v) is 6.92. The van der Waals surface area contributed by atoms with Crippen molar-refractivity contribution < 1.29 is 19.3 Å². The maximum Gasteiger partial charge on any atom is 0.155 e. The number of nitrogens with one attached hydrogen (secondary N) is 1. The van der Waals surface area contributed by atoms with Crippen LogP contribution in [0.5, 0.6) is 5.75 Å². The molecule has 3 heterocycles. The molecule has 0 spiro atoms. The van der Waals surface area contributed by atoms with Crippen LogP contribution in [0.3, 0.4) is 0 Å². The highest BCUT2D eigenvalue weighted by molar-refractivity contribution is 5.87. The van der Waals surface area contributed by atoms with Crippen LogP contribution in [0, 0.1) is 0 Å². The molecular weight excluding hydrogens is 442 g/mol. The molecule has 3 unspecified atom stereocenters. The minimum absolute atomic E-state index is 0.0455. The van der Waals surface area contributed by atoms with Crippen molar-refractivity contribution in [1.29, 1.82) is 0 Å². The van der Waals surface area contributed by atoms with Gasteiger partial charge in [0.25, 0.3) is 0 Å². The Kier molecular flexibility index (Phi) is 7.47. The second-order valence-corrected chi connectivity index (χ2v) is 9.28. The number of para-hydroxylation sites is 1. The van der Waals surface area contributed by atoms with Crippen molar-refractivity contribution in [2.45, 2.75) is 43.9 Å². The Hall–Kier alpha value is -3.13. The summed E-state index contributed by atoms with van der Waals surface area (Å²) in [5.74, 6) is 1.52. The molecule has 0 radical (unpaired) electrons. The van der Waals surface area contributed by atoms with E-state index in [0.29, 0.717) is 12.6 Å². The highest BCUT2D eigenvalue weighted by Crippen LogP contribution is 2.30. The van der Waals surface area contributed by atoms with Gasteiger partial charge in [0.1, 0.15) is 30.1 Å². The summed E-state index contributed by atoms with van der Waals surface area (Å²) >= 11 is 0. The third kappa shape index (κ3) is 5.59. The molecule has 1 aromatic heterocycles. The summed E-state index contributed by atoms with van der Waals surface area (Å²) in [6, 6.07) is 8.08. The Morgan fingerprint density at radius 3 is 3.03 bits per heavy atom. The number of β-amino-alcohol motifs (C(OH)–C–C–N with tert-alkyl or cyclic N) is 1. The first-order chi connectivity index (χ1) is 17.2. The second kappa shape index (κ2) is 11.1. The zero-order valence-electron chi connectivity index (χ0n) is 20.1. The molecule has 0 saturated carbocycles. The number of rotatable bonds is 9. The lowest BCUT2D eigenvalue weighted by atomic mass is 9.96. The molecule has 2 aliphatic heterocycles. The number of pyridine rings is 1. The molecule has 35 heavy (non-hydrogen) atoms. The lowest BCUT2D eigenvalue weighted by Gasteiger charge is -2.27. The first-order valence-electron chi connectivity index (χ1n) is 12.3. The monoisotopic (exact) mass is 475 g/mol. The lowest BCUT2D eigenvalue weighted by Crippen LogP contribution is -2.42. The van der Waals surface area contributed by atoms with Gasteiger partial charge in [0.2, 0.25) is 0 Å². The van der Waals surface area contributed by atoms with Crippen LogP contribution in [0.4, 0.5) is 0 Å². The second-order valence-electron chi connectivity index (χ2n) is 9.28. The number of likely N-dealkylation sites (tertiary alicyclic amines) is 1. The van der Waals surface area contributed by atoms with Gasteiger partial charge in [-0.2, -0.15) is 0 Å². The van der Waals surface area contributed by atoms with Crippen LogP contribution in [0.1, 0.15) is 37.4 Å². The van der Waals surface area contributed by atoms with Crippen LogP contribution in [0.25, 0.3) is 10.9 Å². The Bertz CT molecular complexity index is 1160. The Balaban J connectivity index is 1.23. The fourth-order valence-electron chi connectivity index (χ4n) is 5.15. The number of hydrogen-bond acceptors (Lipinski definition) is 7. The molecule has 0 bridgehead atoms. The molecule has 1 aromatic carbocycles. The zero-order chi connectivity index (χ0) is 24.0. The Labute approximate surface area is 206 Å². The van der Waals surface area contributed by atoms with E-state index >= 15 is 0 Å². The van der Waals surface area contributed by atoms with Crippen LogP contribution in [-0.2, 0) is 9.47 Å². The summed E-state index contributed by atoms with van der Waals surface area (Å²) < 4.78 is 16.6. The SMILES string of the molecule is COc1cccc2c(C(O)CN3CCC(NC(CC4=CC=CCC4)C4=COC=CO4)C3)ccnc12. The molecule has 2 N–H and O–H groups in total. The molecule has 0 amide bonds. The molecule has 1 aliphatic carbocycles. The Morgan fingerprint density at radius 2 is 2.23 bits per heavy atom. The maximum atomic E-state index is 11.1. The molecule has 3 aliphatic rings. The molecular formula is C28H33N3O4. The van der Waals surface area contributed by atoms with Gasteiger partial charge in [0.15, 0.2) is 5.76 Å². The van der Waals surface area contributed by atoms with E-state index in [1.54, 1.807) is 32.1 Å². The van der Waals surface area contributed by atoms with Crippen molar-refractivity contribution in [3.8, 4) is 5.75 Å². The Morgan fingerprint density at radius 1 is 1.29 bits per heavy atom. The van der Waals surface area contributed by atoms with Crippen molar-refractivity contribution in [2.75, 3.05) is 26.7 Å². The van der Waals surface area contributed by atoms with E-state index in [1.807, 2.05) is 24.3 Å². The van der Waals surface area contributed by atoms with Gasteiger partial charge in [-0.25, -0.2) is 0 Å². The van der Waals surface area contributed by atoms with E-state index in [2.05, 4.69) is 33.4 Å². The van der Waals surface area contributed by atoms with Crippen LogP contribution < -0.4 is 10.1 Å². The average molecular weight is 476 g/mol. The van der Waals surface area contributed by atoms with Crippen LogP contribution in [0.15, 0.2) is 78.8 Å². The third-order valence-electron chi connectivity index (χ3n) is 6.92. The normalized spacial score (nSPS) is 21.7. The summed E-state index contributed by atoms with van der Waals surface area (Å²) in [5, 5.41) is 15.9. The number of fused-ring (bicyclic) bond motifs is 1. The first-order valence-corrected chi connectivity index (χ1v) is 12.3. The van der Waals surface area contributed by atoms with E-state index in [9.17, 15) is 5.11 Å². The van der Waals surface area contributed by atoms with Gasteiger partial charge in [0, 0.05) is 30.7 Å². The molecule has 7 nitrogen and oxygen atoms in total. The summed E-state index contributed by atoms with van der Waals surface area (Å²) in [7, 11) is 1.64. The zero-order valence-corrected chi connectivity index (χ0v) is 20.1. The van der Waals surface area contributed by atoms with Gasteiger partial charge in [0.05, 0.1) is 19.3 Å². The maximum absolute atomic E-state index is 11.1. The van der Waals surface area contributed by atoms with Crippen molar-refractivity contribution in [3.63, 3.8) is 0 Å². The number of methoxy groups -OCH3 is 1. The topological polar surface area (TPSA) is 76.1 Å². The predicted molar refractivity (Wildman–Crippen MR) is 135 cm³/mol. The molecule has 7 heteroatoms. The van der Waals surface area contributed by atoms with E-state index < -0.39 is 6.10 Å². The highest BCUT2D eigenvalue weighted by Gasteiger charge is 2.29. The van der Waals surface area contributed by atoms with E-state index in [4.69, 9.17) is 14.2 Å². The molecule has 1 saturated heterocycles. The number of ether oxygens (including phenoxy) is 3. The van der Waals surface area contributed by atoms with Crippen molar-refractivity contribution in [1.82, 2.24) is 15.2 Å². The van der Waals surface area contributed by atoms with Crippen LogP contribution in [-0.4, -0.2) is 53.8 Å². The molecule has 2 aromatic rings. The number of aliphatic hydroxyl groups excluding tert-OH is 1. The van der Waals surface area contributed by atoms with Gasteiger partial charge >= 0.3 is 0 Å². The molecule has 1 fully saturated rings. The number of aromatic nitrogens is 1. The van der Waals surface area contributed by atoms with Gasteiger partial charge in [-0.05, 0) is 49.9 Å². The number of benzene rings is 1. The van der Waals surface area contributed by atoms with Crippen molar-refractivity contribution >= 4 is 10.9 Å². The van der Waals surface area contributed by atoms with E-state index in [-0.39, 0.29) is 6.04 Å². The number of allylic oxidation sites excluding steroid dienone is 3. The number of hydrogen-bond donors (Lipinski definition) is 2. The van der Waals surface area contributed by atoms with Crippen LogP contribution >= 0.6 is 0 Å². The van der Waals surface area contributed by atoms with Gasteiger partial charge < -0.3 is 24.6 Å².